The molecular weight excluding hydrogens is 345 g/mol. The second kappa shape index (κ2) is 5.80. The highest BCUT2D eigenvalue weighted by atomic mass is 79.9. The lowest BCUT2D eigenvalue weighted by molar-refractivity contribution is -0.137. The van der Waals surface area contributed by atoms with Gasteiger partial charge in [-0.05, 0) is 53.5 Å². The summed E-state index contributed by atoms with van der Waals surface area (Å²) in [4.78, 5) is 4.56. The quantitative estimate of drug-likeness (QED) is 0.740. The molecule has 0 N–H and O–H groups in total. The van der Waals surface area contributed by atoms with Crippen molar-refractivity contribution < 1.29 is 13.2 Å². The summed E-state index contributed by atoms with van der Waals surface area (Å²) in [5, 5.41) is 0. The van der Waals surface area contributed by atoms with Crippen molar-refractivity contribution in [2.75, 3.05) is 31.1 Å². The van der Waals surface area contributed by atoms with Gasteiger partial charge in [-0.25, -0.2) is 0 Å². The first-order valence-electron chi connectivity index (χ1n) is 7.31. The smallest absolute Gasteiger partial charge is 0.368 e. The Hall–Kier alpha value is -0.750. The van der Waals surface area contributed by atoms with Crippen molar-refractivity contribution >= 4 is 21.6 Å². The Bertz CT molecular complexity index is 518. The van der Waals surface area contributed by atoms with Gasteiger partial charge in [0.1, 0.15) is 0 Å². The Balaban J connectivity index is 1.83. The van der Waals surface area contributed by atoms with Crippen molar-refractivity contribution in [3.8, 4) is 0 Å². The number of hydrogen-bond acceptors (Lipinski definition) is 2. The number of rotatable bonds is 1. The summed E-state index contributed by atoms with van der Waals surface area (Å²) in [6.07, 6.45) is -0.683. The first-order chi connectivity index (χ1) is 9.95. The van der Waals surface area contributed by atoms with Crippen LogP contribution in [0, 0.1) is 0 Å². The van der Waals surface area contributed by atoms with Gasteiger partial charge in [-0.2, -0.15) is 13.2 Å². The second-order valence-corrected chi connectivity index (χ2v) is 6.65. The molecule has 1 unspecified atom stereocenters. The first kappa shape index (κ1) is 15.2. The Morgan fingerprint density at radius 1 is 1.10 bits per heavy atom. The summed E-state index contributed by atoms with van der Waals surface area (Å²) < 4.78 is 39.4. The van der Waals surface area contributed by atoms with E-state index in [4.69, 9.17) is 0 Å². The summed E-state index contributed by atoms with van der Waals surface area (Å²) in [7, 11) is 0. The molecule has 2 nitrogen and oxygen atoms in total. The fourth-order valence-corrected chi connectivity index (χ4v) is 3.80. The number of piperidine rings is 1. The predicted molar refractivity (Wildman–Crippen MR) is 80.6 cm³/mol. The fourth-order valence-electron chi connectivity index (χ4n) is 3.31. The number of alkyl halides is 3. The average molecular weight is 363 g/mol. The molecular formula is C15H18BrF3N2. The molecule has 6 heteroatoms. The molecule has 2 saturated heterocycles. The molecule has 21 heavy (non-hydrogen) atoms. The van der Waals surface area contributed by atoms with Crippen LogP contribution in [0.25, 0.3) is 0 Å². The molecule has 3 rings (SSSR count). The Labute approximate surface area is 131 Å². The molecule has 1 aromatic carbocycles. The molecule has 0 spiro atoms. The zero-order valence-electron chi connectivity index (χ0n) is 11.7. The van der Waals surface area contributed by atoms with E-state index in [1.807, 2.05) is 0 Å². The largest absolute Gasteiger partial charge is 0.416 e. The van der Waals surface area contributed by atoms with Crippen LogP contribution in [0.4, 0.5) is 18.9 Å². The van der Waals surface area contributed by atoms with Crippen molar-refractivity contribution in [1.82, 2.24) is 4.90 Å². The number of nitrogens with zero attached hydrogens (tertiary/aromatic N) is 2. The third-order valence-corrected chi connectivity index (χ3v) is 5.12. The van der Waals surface area contributed by atoms with Gasteiger partial charge in [0, 0.05) is 30.1 Å². The van der Waals surface area contributed by atoms with E-state index in [0.717, 1.165) is 43.1 Å². The van der Waals surface area contributed by atoms with Gasteiger partial charge in [0.15, 0.2) is 0 Å². The van der Waals surface area contributed by atoms with E-state index in [9.17, 15) is 13.2 Å². The van der Waals surface area contributed by atoms with Gasteiger partial charge < -0.3 is 4.90 Å². The molecule has 2 fully saturated rings. The summed E-state index contributed by atoms with van der Waals surface area (Å²) >= 11 is 3.40. The number of halogens is 4. The van der Waals surface area contributed by atoms with Crippen molar-refractivity contribution in [3.63, 3.8) is 0 Å². The Morgan fingerprint density at radius 3 is 2.67 bits per heavy atom. The number of piperazine rings is 1. The minimum atomic E-state index is -4.29. The Morgan fingerprint density at radius 2 is 1.90 bits per heavy atom. The van der Waals surface area contributed by atoms with E-state index in [1.54, 1.807) is 0 Å². The van der Waals surface area contributed by atoms with Crippen LogP contribution < -0.4 is 4.90 Å². The molecule has 0 aliphatic carbocycles. The van der Waals surface area contributed by atoms with Crippen LogP contribution in [-0.2, 0) is 6.18 Å². The minimum absolute atomic E-state index is 0.481. The van der Waals surface area contributed by atoms with Crippen LogP contribution in [0.5, 0.6) is 0 Å². The highest BCUT2D eigenvalue weighted by molar-refractivity contribution is 9.10. The molecule has 0 amide bonds. The van der Waals surface area contributed by atoms with E-state index in [2.05, 4.69) is 25.7 Å². The van der Waals surface area contributed by atoms with Crippen LogP contribution in [0.3, 0.4) is 0 Å². The maximum absolute atomic E-state index is 12.9. The van der Waals surface area contributed by atoms with E-state index >= 15 is 0 Å². The maximum atomic E-state index is 12.9. The lowest BCUT2D eigenvalue weighted by Crippen LogP contribution is -2.55. The monoisotopic (exact) mass is 362 g/mol. The topological polar surface area (TPSA) is 6.48 Å². The molecule has 0 saturated carbocycles. The van der Waals surface area contributed by atoms with Crippen molar-refractivity contribution in [3.05, 3.63) is 28.2 Å². The average Bonchev–Trinajstić information content (AvgIpc) is 2.46. The van der Waals surface area contributed by atoms with Crippen molar-refractivity contribution in [2.45, 2.75) is 31.5 Å². The van der Waals surface area contributed by atoms with E-state index in [0.29, 0.717) is 11.7 Å². The van der Waals surface area contributed by atoms with Crippen LogP contribution in [0.15, 0.2) is 22.7 Å². The van der Waals surface area contributed by atoms with Crippen LogP contribution >= 0.6 is 15.9 Å². The van der Waals surface area contributed by atoms with Gasteiger partial charge in [0.05, 0.1) is 11.3 Å². The lowest BCUT2D eigenvalue weighted by Gasteiger charge is -2.45. The molecule has 0 bridgehead atoms. The summed E-state index contributed by atoms with van der Waals surface area (Å²) in [5.74, 6) is 0. The van der Waals surface area contributed by atoms with Crippen molar-refractivity contribution in [1.29, 1.82) is 0 Å². The minimum Gasteiger partial charge on any atom is -0.368 e. The molecule has 2 aliphatic heterocycles. The molecule has 1 aromatic rings. The molecule has 0 aromatic heterocycles. The molecule has 0 radical (unpaired) electrons. The van der Waals surface area contributed by atoms with Gasteiger partial charge >= 0.3 is 6.18 Å². The van der Waals surface area contributed by atoms with Gasteiger partial charge in [0.25, 0.3) is 0 Å². The van der Waals surface area contributed by atoms with Gasteiger partial charge in [-0.15, -0.1) is 0 Å². The van der Waals surface area contributed by atoms with Crippen LogP contribution in [0.1, 0.15) is 24.8 Å². The molecule has 116 valence electrons. The highest BCUT2D eigenvalue weighted by Crippen LogP contribution is 2.36. The summed E-state index contributed by atoms with van der Waals surface area (Å²) in [6.45, 7) is 3.67. The first-order valence-corrected chi connectivity index (χ1v) is 8.10. The van der Waals surface area contributed by atoms with E-state index in [1.165, 1.54) is 25.0 Å². The predicted octanol–water partition coefficient (Wildman–Crippen LogP) is 4.14. The van der Waals surface area contributed by atoms with Gasteiger partial charge in [-0.1, -0.05) is 6.42 Å². The SMILES string of the molecule is FC(F)(F)c1ccc(Br)c(N2CCN3CCCCC3C2)c1. The second-order valence-electron chi connectivity index (χ2n) is 5.80. The standard InChI is InChI=1S/C15H18BrF3N2/c16-13-5-4-11(15(17,18)19)9-14(13)21-8-7-20-6-2-1-3-12(20)10-21/h4-5,9,12H,1-3,6-8,10H2. The Kier molecular flexibility index (Phi) is 4.19. The summed E-state index contributed by atoms with van der Waals surface area (Å²) in [6, 6.07) is 4.38. The van der Waals surface area contributed by atoms with Crippen molar-refractivity contribution in [2.24, 2.45) is 0 Å². The number of benzene rings is 1. The molecule has 1 atom stereocenters. The third-order valence-electron chi connectivity index (χ3n) is 4.45. The lowest BCUT2D eigenvalue weighted by atomic mass is 9.99. The van der Waals surface area contributed by atoms with Gasteiger partial charge in [0.2, 0.25) is 0 Å². The summed E-state index contributed by atoms with van der Waals surface area (Å²) in [5.41, 5.74) is 0.0850. The molecule has 2 aliphatic rings. The van der Waals surface area contributed by atoms with Crippen LogP contribution in [-0.4, -0.2) is 37.1 Å². The fraction of sp³-hybridized carbons (Fsp3) is 0.600. The molecule has 2 heterocycles. The maximum Gasteiger partial charge on any atom is 0.416 e. The van der Waals surface area contributed by atoms with E-state index < -0.39 is 11.7 Å². The van der Waals surface area contributed by atoms with Crippen LogP contribution in [0.2, 0.25) is 0 Å². The number of anilines is 1. The zero-order chi connectivity index (χ0) is 15.0. The normalized spacial score (nSPS) is 24.0. The third kappa shape index (κ3) is 3.21. The zero-order valence-corrected chi connectivity index (χ0v) is 13.3. The number of fused-ring (bicyclic) bond motifs is 1. The van der Waals surface area contributed by atoms with Gasteiger partial charge in [-0.3, -0.25) is 4.90 Å². The number of hydrogen-bond donors (Lipinski definition) is 0. The highest BCUT2D eigenvalue weighted by Gasteiger charge is 2.33. The van der Waals surface area contributed by atoms with E-state index in [-0.39, 0.29) is 0 Å².